The van der Waals surface area contributed by atoms with Crippen LogP contribution in [0.2, 0.25) is 5.02 Å². The summed E-state index contributed by atoms with van der Waals surface area (Å²) in [7, 11) is 1.98. The van der Waals surface area contributed by atoms with Gasteiger partial charge in [-0.05, 0) is 37.7 Å². The van der Waals surface area contributed by atoms with Crippen LogP contribution in [0, 0.1) is 0 Å². The zero-order chi connectivity index (χ0) is 12.8. The first-order chi connectivity index (χ1) is 8.79. The SMILES string of the molecule is CNCCC(Sc1cc(Cl)cs1)c1cccnc1. The lowest BCUT2D eigenvalue weighted by Crippen LogP contribution is -2.10. The number of nitrogens with one attached hydrogen (secondary N) is 1. The molecule has 0 radical (unpaired) electrons. The number of thiophene rings is 1. The van der Waals surface area contributed by atoms with Crippen molar-refractivity contribution >= 4 is 34.7 Å². The summed E-state index contributed by atoms with van der Waals surface area (Å²) in [5.41, 5.74) is 1.27. The van der Waals surface area contributed by atoms with Crippen molar-refractivity contribution in [2.24, 2.45) is 0 Å². The van der Waals surface area contributed by atoms with E-state index in [-0.39, 0.29) is 0 Å². The van der Waals surface area contributed by atoms with Crippen LogP contribution in [0.3, 0.4) is 0 Å². The molecule has 0 spiro atoms. The second-order valence-electron chi connectivity index (χ2n) is 3.87. The van der Waals surface area contributed by atoms with Crippen LogP contribution < -0.4 is 5.32 Å². The number of pyridine rings is 1. The number of halogens is 1. The molecule has 0 bridgehead atoms. The van der Waals surface area contributed by atoms with Crippen molar-refractivity contribution in [1.82, 2.24) is 10.3 Å². The van der Waals surface area contributed by atoms with Crippen molar-refractivity contribution in [1.29, 1.82) is 0 Å². The van der Waals surface area contributed by atoms with Gasteiger partial charge in [0.05, 0.1) is 9.23 Å². The standard InChI is InChI=1S/C13H15ClN2S2/c1-15-6-4-12(10-3-2-5-16-8-10)18-13-7-11(14)9-17-13/h2-3,5,7-9,12,15H,4,6H2,1H3. The van der Waals surface area contributed by atoms with Gasteiger partial charge in [0.25, 0.3) is 0 Å². The minimum absolute atomic E-state index is 0.417. The number of rotatable bonds is 6. The molecule has 2 nitrogen and oxygen atoms in total. The zero-order valence-electron chi connectivity index (χ0n) is 10.1. The zero-order valence-corrected chi connectivity index (χ0v) is 12.5. The molecule has 96 valence electrons. The van der Waals surface area contributed by atoms with Crippen molar-refractivity contribution in [3.05, 3.63) is 46.6 Å². The summed E-state index contributed by atoms with van der Waals surface area (Å²) >= 11 is 9.52. The number of thioether (sulfide) groups is 1. The number of nitrogens with zero attached hydrogens (tertiary/aromatic N) is 1. The Morgan fingerprint density at radius 3 is 3.06 bits per heavy atom. The Kier molecular flexibility index (Phi) is 5.50. The van der Waals surface area contributed by atoms with Gasteiger partial charge in [0.1, 0.15) is 0 Å². The smallest absolute Gasteiger partial charge is 0.0619 e. The summed E-state index contributed by atoms with van der Waals surface area (Å²) in [6.45, 7) is 0.992. The fourth-order valence-electron chi connectivity index (χ4n) is 1.63. The Morgan fingerprint density at radius 1 is 1.56 bits per heavy atom. The molecule has 1 unspecified atom stereocenters. The summed E-state index contributed by atoms with van der Waals surface area (Å²) in [4.78, 5) is 4.20. The molecule has 2 aromatic heterocycles. The number of hydrogen-bond donors (Lipinski definition) is 1. The summed E-state index contributed by atoms with van der Waals surface area (Å²) in [6, 6.07) is 6.15. The molecular weight excluding hydrogens is 284 g/mol. The molecule has 0 saturated heterocycles. The van der Waals surface area contributed by atoms with Gasteiger partial charge in [0, 0.05) is 23.0 Å². The minimum Gasteiger partial charge on any atom is -0.320 e. The normalized spacial score (nSPS) is 12.6. The Morgan fingerprint density at radius 2 is 2.44 bits per heavy atom. The van der Waals surface area contributed by atoms with E-state index < -0.39 is 0 Å². The summed E-state index contributed by atoms with van der Waals surface area (Å²) in [5, 5.41) is 6.41. The van der Waals surface area contributed by atoms with Gasteiger partial charge in [-0.25, -0.2) is 0 Å². The molecule has 0 fully saturated rings. The molecule has 1 N–H and O–H groups in total. The van der Waals surface area contributed by atoms with Gasteiger partial charge in [-0.2, -0.15) is 0 Å². The molecule has 0 saturated carbocycles. The van der Waals surface area contributed by atoms with E-state index >= 15 is 0 Å². The van der Waals surface area contributed by atoms with Crippen LogP contribution in [0.4, 0.5) is 0 Å². The monoisotopic (exact) mass is 298 g/mol. The van der Waals surface area contributed by atoms with E-state index in [1.54, 1.807) is 11.3 Å². The highest BCUT2D eigenvalue weighted by Crippen LogP contribution is 2.40. The van der Waals surface area contributed by atoms with E-state index in [1.165, 1.54) is 9.77 Å². The Balaban J connectivity index is 2.10. The highest BCUT2D eigenvalue weighted by molar-refractivity contribution is 8.01. The van der Waals surface area contributed by atoms with Crippen LogP contribution in [0.1, 0.15) is 17.2 Å². The minimum atomic E-state index is 0.417. The van der Waals surface area contributed by atoms with Crippen LogP contribution >= 0.6 is 34.7 Å². The highest BCUT2D eigenvalue weighted by atomic mass is 35.5. The molecule has 2 heterocycles. The van der Waals surface area contributed by atoms with Crippen LogP contribution in [-0.4, -0.2) is 18.6 Å². The van der Waals surface area contributed by atoms with Crippen LogP contribution in [0.5, 0.6) is 0 Å². The third kappa shape index (κ3) is 3.99. The van der Waals surface area contributed by atoms with Crippen molar-refractivity contribution in [2.45, 2.75) is 15.9 Å². The third-order valence-electron chi connectivity index (χ3n) is 2.51. The van der Waals surface area contributed by atoms with E-state index in [1.807, 2.05) is 48.7 Å². The lowest BCUT2D eigenvalue weighted by atomic mass is 10.1. The highest BCUT2D eigenvalue weighted by Gasteiger charge is 2.14. The Hall–Kier alpha value is -0.550. The maximum atomic E-state index is 5.97. The predicted octanol–water partition coefficient (Wildman–Crippen LogP) is 4.24. The van der Waals surface area contributed by atoms with Gasteiger partial charge in [-0.15, -0.1) is 23.1 Å². The molecule has 1 atom stereocenters. The summed E-state index contributed by atoms with van der Waals surface area (Å²) < 4.78 is 1.25. The van der Waals surface area contributed by atoms with E-state index in [0.29, 0.717) is 5.25 Å². The van der Waals surface area contributed by atoms with Gasteiger partial charge < -0.3 is 5.32 Å². The fraction of sp³-hybridized carbons (Fsp3) is 0.308. The van der Waals surface area contributed by atoms with Crippen molar-refractivity contribution in [3.63, 3.8) is 0 Å². The molecule has 2 rings (SSSR count). The van der Waals surface area contributed by atoms with Gasteiger partial charge in [0.2, 0.25) is 0 Å². The average molecular weight is 299 g/mol. The summed E-state index contributed by atoms with van der Waals surface area (Å²) in [5.74, 6) is 0. The summed E-state index contributed by atoms with van der Waals surface area (Å²) in [6.07, 6.45) is 4.83. The number of hydrogen-bond acceptors (Lipinski definition) is 4. The maximum absolute atomic E-state index is 5.97. The van der Waals surface area contributed by atoms with E-state index in [4.69, 9.17) is 11.6 Å². The van der Waals surface area contributed by atoms with Crippen molar-refractivity contribution in [3.8, 4) is 0 Å². The van der Waals surface area contributed by atoms with Crippen molar-refractivity contribution in [2.75, 3.05) is 13.6 Å². The third-order valence-corrected chi connectivity index (χ3v) is 5.30. The molecule has 0 aliphatic heterocycles. The molecule has 0 amide bonds. The van der Waals surface area contributed by atoms with Crippen LogP contribution in [-0.2, 0) is 0 Å². The quantitative estimate of drug-likeness (QED) is 0.808. The molecule has 2 aromatic rings. The molecular formula is C13H15ClN2S2. The van der Waals surface area contributed by atoms with Gasteiger partial charge in [0.15, 0.2) is 0 Å². The lowest BCUT2D eigenvalue weighted by Gasteiger charge is -2.15. The van der Waals surface area contributed by atoms with Gasteiger partial charge in [-0.3, -0.25) is 4.98 Å². The van der Waals surface area contributed by atoms with E-state index in [0.717, 1.165) is 18.0 Å². The van der Waals surface area contributed by atoms with Crippen LogP contribution in [0.15, 0.2) is 40.2 Å². The molecule has 0 aromatic carbocycles. The van der Waals surface area contributed by atoms with E-state index in [2.05, 4.69) is 16.4 Å². The molecule has 5 heteroatoms. The van der Waals surface area contributed by atoms with Gasteiger partial charge in [-0.1, -0.05) is 17.7 Å². The first-order valence-electron chi connectivity index (χ1n) is 5.75. The molecule has 0 aliphatic carbocycles. The fourth-order valence-corrected chi connectivity index (χ4v) is 4.20. The first kappa shape index (κ1) is 13.9. The lowest BCUT2D eigenvalue weighted by molar-refractivity contribution is 0.713. The first-order valence-corrected chi connectivity index (χ1v) is 7.88. The maximum Gasteiger partial charge on any atom is 0.0619 e. The van der Waals surface area contributed by atoms with E-state index in [9.17, 15) is 0 Å². The Labute approximate surface area is 121 Å². The number of aromatic nitrogens is 1. The predicted molar refractivity (Wildman–Crippen MR) is 80.7 cm³/mol. The van der Waals surface area contributed by atoms with Crippen molar-refractivity contribution < 1.29 is 0 Å². The molecule has 18 heavy (non-hydrogen) atoms. The average Bonchev–Trinajstić information content (AvgIpc) is 2.81. The Bertz CT molecular complexity index is 473. The second-order valence-corrected chi connectivity index (χ2v) is 6.72. The largest absolute Gasteiger partial charge is 0.320 e. The second kappa shape index (κ2) is 7.14. The van der Waals surface area contributed by atoms with Crippen LogP contribution in [0.25, 0.3) is 0 Å². The van der Waals surface area contributed by atoms with Gasteiger partial charge >= 0.3 is 0 Å². The topological polar surface area (TPSA) is 24.9 Å². The molecule has 0 aliphatic rings.